The Morgan fingerprint density at radius 3 is 2.46 bits per heavy atom. The van der Waals surface area contributed by atoms with Crippen LogP contribution in [0.2, 0.25) is 0 Å². The maximum absolute atomic E-state index is 13.0. The standard InChI is InChI=1S/C20H23N3O5/c1-25-15-8-11(9-16(26-2)19(15)27-3)21-20(24)18-13-10-28-14-7-5-4-6-12(14)17(13)22-23-18/h4-9,13,17-18,22-23H,10H2,1-3H3,(H,21,24). The summed E-state index contributed by atoms with van der Waals surface area (Å²) >= 11 is 0. The fourth-order valence-electron chi connectivity index (χ4n) is 3.78. The van der Waals surface area contributed by atoms with E-state index in [-0.39, 0.29) is 17.9 Å². The third kappa shape index (κ3) is 3.10. The normalized spacial score (nSPS) is 22.5. The van der Waals surface area contributed by atoms with E-state index < -0.39 is 6.04 Å². The molecule has 0 aliphatic carbocycles. The van der Waals surface area contributed by atoms with Crippen LogP contribution in [-0.2, 0) is 4.79 Å². The molecular weight excluding hydrogens is 362 g/mol. The molecule has 8 nitrogen and oxygen atoms in total. The van der Waals surface area contributed by atoms with Gasteiger partial charge in [-0.05, 0) is 6.07 Å². The van der Waals surface area contributed by atoms with E-state index in [9.17, 15) is 4.79 Å². The largest absolute Gasteiger partial charge is 0.493 e. The van der Waals surface area contributed by atoms with Crippen LogP contribution < -0.4 is 35.1 Å². The van der Waals surface area contributed by atoms with Gasteiger partial charge in [-0.1, -0.05) is 18.2 Å². The van der Waals surface area contributed by atoms with Crippen LogP contribution in [0.4, 0.5) is 5.69 Å². The number of methoxy groups -OCH3 is 3. The highest BCUT2D eigenvalue weighted by Gasteiger charge is 2.44. The van der Waals surface area contributed by atoms with E-state index in [2.05, 4.69) is 16.2 Å². The number of rotatable bonds is 5. The predicted molar refractivity (Wildman–Crippen MR) is 103 cm³/mol. The molecule has 0 bridgehead atoms. The van der Waals surface area contributed by atoms with E-state index in [1.807, 2.05) is 24.3 Å². The number of hydrogen-bond donors (Lipinski definition) is 3. The van der Waals surface area contributed by atoms with Crippen molar-refractivity contribution in [2.24, 2.45) is 5.92 Å². The Labute approximate surface area is 163 Å². The lowest BCUT2D eigenvalue weighted by Gasteiger charge is -2.29. The van der Waals surface area contributed by atoms with Crippen molar-refractivity contribution < 1.29 is 23.7 Å². The molecule has 28 heavy (non-hydrogen) atoms. The Hall–Kier alpha value is -2.97. The van der Waals surface area contributed by atoms with E-state index >= 15 is 0 Å². The Kier molecular flexibility index (Phi) is 4.97. The molecular formula is C20H23N3O5. The third-order valence-electron chi connectivity index (χ3n) is 5.15. The summed E-state index contributed by atoms with van der Waals surface area (Å²) < 4.78 is 21.9. The number of amides is 1. The zero-order valence-electron chi connectivity index (χ0n) is 15.9. The lowest BCUT2D eigenvalue weighted by Crippen LogP contribution is -2.43. The van der Waals surface area contributed by atoms with E-state index in [1.54, 1.807) is 12.1 Å². The first kappa shape index (κ1) is 18.4. The van der Waals surface area contributed by atoms with Crippen LogP contribution in [0.1, 0.15) is 11.6 Å². The quantitative estimate of drug-likeness (QED) is 0.724. The van der Waals surface area contributed by atoms with Gasteiger partial charge in [0, 0.05) is 29.3 Å². The average molecular weight is 385 g/mol. The fourth-order valence-corrected chi connectivity index (χ4v) is 3.78. The van der Waals surface area contributed by atoms with Crippen molar-refractivity contribution in [3.63, 3.8) is 0 Å². The molecule has 148 valence electrons. The molecule has 4 rings (SSSR count). The minimum Gasteiger partial charge on any atom is -0.493 e. The van der Waals surface area contributed by atoms with Gasteiger partial charge in [0.2, 0.25) is 11.7 Å². The lowest BCUT2D eigenvalue weighted by molar-refractivity contribution is -0.119. The summed E-state index contributed by atoms with van der Waals surface area (Å²) in [6.07, 6.45) is 0. The van der Waals surface area contributed by atoms with Gasteiger partial charge < -0.3 is 24.3 Å². The number of nitrogens with one attached hydrogen (secondary N) is 3. The second kappa shape index (κ2) is 7.57. The average Bonchev–Trinajstić information content (AvgIpc) is 3.17. The van der Waals surface area contributed by atoms with Crippen molar-refractivity contribution >= 4 is 11.6 Å². The summed E-state index contributed by atoms with van der Waals surface area (Å²) in [6, 6.07) is 10.8. The molecule has 8 heteroatoms. The lowest BCUT2D eigenvalue weighted by atomic mass is 9.87. The second-order valence-electron chi connectivity index (χ2n) is 6.66. The number of hydrogen-bond acceptors (Lipinski definition) is 7. The van der Waals surface area contributed by atoms with Crippen molar-refractivity contribution in [1.29, 1.82) is 0 Å². The highest BCUT2D eigenvalue weighted by atomic mass is 16.5. The van der Waals surface area contributed by atoms with Crippen LogP contribution in [0.15, 0.2) is 36.4 Å². The number of para-hydroxylation sites is 1. The van der Waals surface area contributed by atoms with Crippen molar-refractivity contribution in [2.75, 3.05) is 33.3 Å². The van der Waals surface area contributed by atoms with Crippen LogP contribution >= 0.6 is 0 Å². The molecule has 1 fully saturated rings. The minimum atomic E-state index is -0.447. The van der Waals surface area contributed by atoms with Gasteiger partial charge >= 0.3 is 0 Å². The maximum atomic E-state index is 13.0. The first-order valence-electron chi connectivity index (χ1n) is 9.00. The number of anilines is 1. The number of benzene rings is 2. The molecule has 2 aliphatic rings. The van der Waals surface area contributed by atoms with Gasteiger partial charge in [-0.15, -0.1) is 0 Å². The van der Waals surface area contributed by atoms with E-state index in [0.29, 0.717) is 29.5 Å². The molecule has 0 spiro atoms. The van der Waals surface area contributed by atoms with Crippen LogP contribution in [0.3, 0.4) is 0 Å². The molecule has 0 radical (unpaired) electrons. The molecule has 1 saturated heterocycles. The second-order valence-corrected chi connectivity index (χ2v) is 6.66. The fraction of sp³-hybridized carbons (Fsp3) is 0.350. The number of ether oxygens (including phenoxy) is 4. The zero-order chi connectivity index (χ0) is 19.7. The van der Waals surface area contributed by atoms with E-state index in [1.165, 1.54) is 21.3 Å². The first-order chi connectivity index (χ1) is 13.7. The minimum absolute atomic E-state index is 0.0145. The summed E-state index contributed by atoms with van der Waals surface area (Å²) in [5.41, 5.74) is 7.95. The van der Waals surface area contributed by atoms with Gasteiger partial charge in [0.15, 0.2) is 11.5 Å². The Bertz CT molecular complexity index is 863. The molecule has 3 atom stereocenters. The molecule has 0 saturated carbocycles. The van der Waals surface area contributed by atoms with E-state index in [0.717, 1.165) is 11.3 Å². The smallest absolute Gasteiger partial charge is 0.243 e. The zero-order valence-corrected chi connectivity index (χ0v) is 15.9. The molecule has 1 amide bonds. The first-order valence-corrected chi connectivity index (χ1v) is 9.00. The van der Waals surface area contributed by atoms with Gasteiger partial charge in [-0.2, -0.15) is 0 Å². The van der Waals surface area contributed by atoms with Crippen molar-refractivity contribution in [1.82, 2.24) is 10.9 Å². The molecule has 2 aromatic carbocycles. The summed E-state index contributed by atoms with van der Waals surface area (Å²) in [6.45, 7) is 0.453. The monoisotopic (exact) mass is 385 g/mol. The summed E-state index contributed by atoms with van der Waals surface area (Å²) in [5, 5.41) is 2.93. The van der Waals surface area contributed by atoms with Gasteiger partial charge in [0.05, 0.1) is 34.0 Å². The van der Waals surface area contributed by atoms with Crippen LogP contribution in [0, 0.1) is 5.92 Å². The SMILES string of the molecule is COc1cc(NC(=O)C2NNC3c4ccccc4OCC23)cc(OC)c1OC. The van der Waals surface area contributed by atoms with Gasteiger partial charge in [-0.3, -0.25) is 4.79 Å². The molecule has 2 aliphatic heterocycles. The number of fused-ring (bicyclic) bond motifs is 3. The van der Waals surface area contributed by atoms with E-state index in [4.69, 9.17) is 18.9 Å². The highest BCUT2D eigenvalue weighted by molar-refractivity contribution is 5.96. The number of carbonyl (C=O) groups is 1. The molecule has 2 heterocycles. The van der Waals surface area contributed by atoms with Gasteiger partial charge in [0.1, 0.15) is 11.8 Å². The highest BCUT2D eigenvalue weighted by Crippen LogP contribution is 2.41. The third-order valence-corrected chi connectivity index (χ3v) is 5.15. The molecule has 3 N–H and O–H groups in total. The number of carbonyl (C=O) groups excluding carboxylic acids is 1. The topological polar surface area (TPSA) is 90.1 Å². The number of hydrazine groups is 1. The van der Waals surface area contributed by atoms with Crippen LogP contribution in [0.25, 0.3) is 0 Å². The summed E-state index contributed by atoms with van der Waals surface area (Å²) in [5.74, 6) is 2.07. The summed E-state index contributed by atoms with van der Waals surface area (Å²) in [4.78, 5) is 13.0. The van der Waals surface area contributed by atoms with Gasteiger partial charge in [-0.25, -0.2) is 10.9 Å². The van der Waals surface area contributed by atoms with Crippen molar-refractivity contribution in [3.8, 4) is 23.0 Å². The molecule has 0 aromatic heterocycles. The summed E-state index contributed by atoms with van der Waals surface area (Å²) in [7, 11) is 4.60. The Morgan fingerprint density at radius 1 is 1.07 bits per heavy atom. The van der Waals surface area contributed by atoms with Crippen molar-refractivity contribution in [3.05, 3.63) is 42.0 Å². The Morgan fingerprint density at radius 2 is 1.79 bits per heavy atom. The van der Waals surface area contributed by atoms with Gasteiger partial charge in [0.25, 0.3) is 0 Å². The molecule has 2 aromatic rings. The predicted octanol–water partition coefficient (Wildman–Crippen LogP) is 1.88. The molecule has 3 unspecified atom stereocenters. The van der Waals surface area contributed by atoms with Crippen molar-refractivity contribution in [2.45, 2.75) is 12.1 Å². The van der Waals surface area contributed by atoms with Crippen LogP contribution in [-0.4, -0.2) is 39.9 Å². The van der Waals surface area contributed by atoms with Crippen LogP contribution in [0.5, 0.6) is 23.0 Å². The Balaban J connectivity index is 1.54. The maximum Gasteiger partial charge on any atom is 0.243 e.